The van der Waals surface area contributed by atoms with Gasteiger partial charge < -0.3 is 20.1 Å². The summed E-state index contributed by atoms with van der Waals surface area (Å²) >= 11 is 0. The average molecular weight is 430 g/mol. The summed E-state index contributed by atoms with van der Waals surface area (Å²) in [5, 5.41) is 11.4. The lowest BCUT2D eigenvalue weighted by molar-refractivity contribution is 0.182. The Balaban J connectivity index is 2.12. The van der Waals surface area contributed by atoms with E-state index in [9.17, 15) is 0 Å². The lowest BCUT2D eigenvalue weighted by Crippen LogP contribution is -2.37. The van der Waals surface area contributed by atoms with E-state index in [0.717, 1.165) is 48.2 Å². The minimum absolute atomic E-state index is 0.177. The normalized spacial score (nSPS) is 12.7. The number of aliphatic imine (C=N–C) groups is 1. The van der Waals surface area contributed by atoms with Gasteiger partial charge in [0.1, 0.15) is 5.75 Å². The molecule has 1 heterocycles. The molecule has 172 valence electrons. The number of ether oxygens (including phenoxy) is 2. The Morgan fingerprint density at radius 3 is 2.65 bits per heavy atom. The van der Waals surface area contributed by atoms with Crippen molar-refractivity contribution in [1.29, 1.82) is 0 Å². The average Bonchev–Trinajstić information content (AvgIpc) is 3.02. The van der Waals surface area contributed by atoms with E-state index in [1.807, 2.05) is 11.6 Å². The first-order chi connectivity index (χ1) is 14.9. The maximum Gasteiger partial charge on any atom is 0.191 e. The predicted octanol–water partition coefficient (Wildman–Crippen LogP) is 3.89. The molecule has 0 spiro atoms. The smallest absolute Gasteiger partial charge is 0.191 e. The Labute approximate surface area is 187 Å². The number of rotatable bonds is 11. The molecule has 0 bridgehead atoms. The molecule has 0 amide bonds. The summed E-state index contributed by atoms with van der Waals surface area (Å²) in [5.41, 5.74) is 5.65. The third-order valence-electron chi connectivity index (χ3n) is 5.35. The van der Waals surface area contributed by atoms with Crippen LogP contribution in [-0.4, -0.2) is 42.1 Å². The van der Waals surface area contributed by atoms with Gasteiger partial charge in [-0.3, -0.25) is 4.68 Å². The van der Waals surface area contributed by atoms with Gasteiger partial charge in [-0.05, 0) is 52.7 Å². The Morgan fingerprint density at radius 2 is 1.97 bits per heavy atom. The number of aryl methyl sites for hydroxylation is 2. The van der Waals surface area contributed by atoms with Gasteiger partial charge in [-0.25, -0.2) is 4.99 Å². The molecule has 0 aliphatic carbocycles. The monoisotopic (exact) mass is 429 g/mol. The van der Waals surface area contributed by atoms with Gasteiger partial charge in [-0.2, -0.15) is 5.10 Å². The van der Waals surface area contributed by atoms with Crippen LogP contribution in [0.3, 0.4) is 0 Å². The van der Waals surface area contributed by atoms with Crippen molar-refractivity contribution in [2.24, 2.45) is 4.99 Å². The van der Waals surface area contributed by atoms with E-state index in [1.54, 1.807) is 7.11 Å². The fourth-order valence-corrected chi connectivity index (χ4v) is 3.27. The van der Waals surface area contributed by atoms with Crippen molar-refractivity contribution < 1.29 is 9.47 Å². The molecular weight excluding hydrogens is 390 g/mol. The molecule has 0 saturated carbocycles. The number of nitrogens with zero attached hydrogens (tertiary/aromatic N) is 3. The van der Waals surface area contributed by atoms with Crippen LogP contribution in [0.15, 0.2) is 23.2 Å². The van der Waals surface area contributed by atoms with Crippen molar-refractivity contribution in [3.8, 4) is 5.75 Å². The van der Waals surface area contributed by atoms with Crippen molar-refractivity contribution in [3.05, 3.63) is 46.3 Å². The molecule has 0 radical (unpaired) electrons. The SMILES string of the molecule is CCNC(=NCc1ccc(C)cc1OC(C)CC)NCc1c(C)nn(CCOC)c1C. The number of nitrogens with one attached hydrogen (secondary N) is 2. The van der Waals surface area contributed by atoms with Gasteiger partial charge in [-0.1, -0.05) is 19.1 Å². The minimum Gasteiger partial charge on any atom is -0.490 e. The Hall–Kier alpha value is -2.54. The molecular formula is C24H39N5O2. The second kappa shape index (κ2) is 12.3. The van der Waals surface area contributed by atoms with Crippen molar-refractivity contribution in [2.75, 3.05) is 20.3 Å². The van der Waals surface area contributed by atoms with Crippen LogP contribution in [0.25, 0.3) is 0 Å². The first-order valence-corrected chi connectivity index (χ1v) is 11.2. The van der Waals surface area contributed by atoms with Crippen LogP contribution in [0.1, 0.15) is 55.3 Å². The van der Waals surface area contributed by atoms with Crippen LogP contribution in [0, 0.1) is 20.8 Å². The summed E-state index contributed by atoms with van der Waals surface area (Å²) in [4.78, 5) is 4.81. The zero-order valence-electron chi connectivity index (χ0n) is 20.2. The van der Waals surface area contributed by atoms with Crippen LogP contribution < -0.4 is 15.4 Å². The van der Waals surface area contributed by atoms with Gasteiger partial charge in [0.15, 0.2) is 5.96 Å². The zero-order valence-corrected chi connectivity index (χ0v) is 20.2. The van der Waals surface area contributed by atoms with E-state index in [1.165, 1.54) is 11.1 Å². The molecule has 2 N–H and O–H groups in total. The molecule has 7 heteroatoms. The zero-order chi connectivity index (χ0) is 22.8. The fourth-order valence-electron chi connectivity index (χ4n) is 3.27. The summed E-state index contributed by atoms with van der Waals surface area (Å²) in [6.45, 7) is 15.9. The second-order valence-electron chi connectivity index (χ2n) is 7.86. The first-order valence-electron chi connectivity index (χ1n) is 11.2. The highest BCUT2D eigenvalue weighted by molar-refractivity contribution is 5.79. The molecule has 1 aromatic heterocycles. The van der Waals surface area contributed by atoms with Crippen molar-refractivity contribution in [1.82, 2.24) is 20.4 Å². The number of methoxy groups -OCH3 is 1. The highest BCUT2D eigenvalue weighted by Crippen LogP contribution is 2.23. The third-order valence-corrected chi connectivity index (χ3v) is 5.35. The maximum atomic E-state index is 6.13. The summed E-state index contributed by atoms with van der Waals surface area (Å²) in [5.74, 6) is 1.70. The molecule has 1 atom stereocenters. The number of hydrogen-bond donors (Lipinski definition) is 2. The number of benzene rings is 1. The third kappa shape index (κ3) is 7.28. The van der Waals surface area contributed by atoms with Crippen molar-refractivity contribution >= 4 is 5.96 Å². The van der Waals surface area contributed by atoms with Crippen molar-refractivity contribution in [3.63, 3.8) is 0 Å². The first kappa shape index (κ1) is 24.7. The highest BCUT2D eigenvalue weighted by atomic mass is 16.5. The topological polar surface area (TPSA) is 72.7 Å². The molecule has 2 aromatic rings. The van der Waals surface area contributed by atoms with Gasteiger partial charge in [0.2, 0.25) is 0 Å². The quantitative estimate of drug-likeness (QED) is 0.419. The molecule has 1 unspecified atom stereocenters. The largest absolute Gasteiger partial charge is 0.490 e. The summed E-state index contributed by atoms with van der Waals surface area (Å²) < 4.78 is 13.3. The fraction of sp³-hybridized carbons (Fsp3) is 0.583. The molecule has 1 aromatic carbocycles. The molecule has 0 aliphatic heterocycles. The molecule has 7 nitrogen and oxygen atoms in total. The summed E-state index contributed by atoms with van der Waals surface area (Å²) in [7, 11) is 1.71. The summed E-state index contributed by atoms with van der Waals surface area (Å²) in [6, 6.07) is 6.31. The number of aromatic nitrogens is 2. The van der Waals surface area contributed by atoms with Crippen molar-refractivity contribution in [2.45, 2.75) is 73.7 Å². The van der Waals surface area contributed by atoms with Gasteiger partial charge in [-0.15, -0.1) is 0 Å². The molecule has 31 heavy (non-hydrogen) atoms. The number of hydrogen-bond acceptors (Lipinski definition) is 4. The minimum atomic E-state index is 0.177. The lowest BCUT2D eigenvalue weighted by Gasteiger charge is -2.17. The van der Waals surface area contributed by atoms with Crippen LogP contribution in [0.5, 0.6) is 5.75 Å². The molecule has 0 fully saturated rings. The van der Waals surface area contributed by atoms with Crippen LogP contribution in [0.2, 0.25) is 0 Å². The van der Waals surface area contributed by atoms with Gasteiger partial charge in [0.05, 0.1) is 31.5 Å². The van der Waals surface area contributed by atoms with Crippen LogP contribution in [-0.2, 0) is 24.4 Å². The lowest BCUT2D eigenvalue weighted by atomic mass is 10.1. The molecule has 2 rings (SSSR count). The Morgan fingerprint density at radius 1 is 1.19 bits per heavy atom. The summed E-state index contributed by atoms with van der Waals surface area (Å²) in [6.07, 6.45) is 1.15. The predicted molar refractivity (Wildman–Crippen MR) is 127 cm³/mol. The molecule has 0 saturated heterocycles. The van der Waals surface area contributed by atoms with Gasteiger partial charge in [0, 0.05) is 37.0 Å². The standard InChI is InChI=1S/C24H39N5O2/c1-8-18(4)31-23-14-17(3)10-11-21(23)15-26-24(25-9-2)27-16-22-19(5)28-29(20(22)6)12-13-30-7/h10-11,14,18H,8-9,12-13,15-16H2,1-7H3,(H2,25,26,27). The second-order valence-corrected chi connectivity index (χ2v) is 7.86. The Kier molecular flexibility index (Phi) is 9.85. The maximum absolute atomic E-state index is 6.13. The van der Waals surface area contributed by atoms with E-state index in [4.69, 9.17) is 14.5 Å². The van der Waals surface area contributed by atoms with Gasteiger partial charge >= 0.3 is 0 Å². The van der Waals surface area contributed by atoms with E-state index in [2.05, 4.69) is 68.6 Å². The van der Waals surface area contributed by atoms with E-state index < -0.39 is 0 Å². The molecule has 0 aliphatic rings. The van der Waals surface area contributed by atoms with E-state index in [-0.39, 0.29) is 6.10 Å². The van der Waals surface area contributed by atoms with E-state index >= 15 is 0 Å². The van der Waals surface area contributed by atoms with Gasteiger partial charge in [0.25, 0.3) is 0 Å². The number of guanidine groups is 1. The van der Waals surface area contributed by atoms with Crippen LogP contribution in [0.4, 0.5) is 0 Å². The Bertz CT molecular complexity index is 860. The van der Waals surface area contributed by atoms with E-state index in [0.29, 0.717) is 19.7 Å². The highest BCUT2D eigenvalue weighted by Gasteiger charge is 2.12. The van der Waals surface area contributed by atoms with Crippen LogP contribution >= 0.6 is 0 Å².